The quantitative estimate of drug-likeness (QED) is 0.857. The Labute approximate surface area is 158 Å². The van der Waals surface area contributed by atoms with Crippen LogP contribution in [0.4, 0.5) is 5.82 Å². The van der Waals surface area contributed by atoms with Crippen molar-refractivity contribution < 1.29 is 14.3 Å². The van der Waals surface area contributed by atoms with Crippen LogP contribution in [0.3, 0.4) is 0 Å². The van der Waals surface area contributed by atoms with Crippen LogP contribution in [-0.2, 0) is 11.3 Å². The van der Waals surface area contributed by atoms with Crippen molar-refractivity contribution in [2.75, 3.05) is 38.6 Å². The SMILES string of the molecule is COc1ccccc1CNc1ccc(C(=O)N2CCN(C(C)=O)CC2)nn1. The molecule has 1 aliphatic rings. The van der Waals surface area contributed by atoms with Gasteiger partial charge in [0.05, 0.1) is 7.11 Å². The molecular formula is C19H23N5O3. The molecule has 142 valence electrons. The van der Waals surface area contributed by atoms with Crippen LogP contribution in [-0.4, -0.2) is 65.1 Å². The summed E-state index contributed by atoms with van der Waals surface area (Å²) < 4.78 is 5.32. The van der Waals surface area contributed by atoms with Crippen molar-refractivity contribution in [1.82, 2.24) is 20.0 Å². The van der Waals surface area contributed by atoms with E-state index in [4.69, 9.17) is 4.74 Å². The number of ether oxygens (including phenoxy) is 1. The number of hydrogen-bond acceptors (Lipinski definition) is 6. The molecule has 0 aliphatic carbocycles. The van der Waals surface area contributed by atoms with E-state index >= 15 is 0 Å². The Balaban J connectivity index is 1.57. The van der Waals surface area contributed by atoms with E-state index in [1.165, 1.54) is 0 Å². The van der Waals surface area contributed by atoms with Crippen LogP contribution in [0.2, 0.25) is 0 Å². The Morgan fingerprint density at radius 1 is 1.04 bits per heavy atom. The molecule has 0 radical (unpaired) electrons. The molecule has 1 aromatic heterocycles. The number of rotatable bonds is 5. The monoisotopic (exact) mass is 369 g/mol. The highest BCUT2D eigenvalue weighted by atomic mass is 16.5. The van der Waals surface area contributed by atoms with Crippen molar-refractivity contribution in [3.05, 3.63) is 47.7 Å². The third kappa shape index (κ3) is 4.52. The van der Waals surface area contributed by atoms with Crippen LogP contribution in [0.15, 0.2) is 36.4 Å². The van der Waals surface area contributed by atoms with E-state index in [9.17, 15) is 9.59 Å². The second kappa shape index (κ2) is 8.48. The van der Waals surface area contributed by atoms with Gasteiger partial charge in [0.25, 0.3) is 5.91 Å². The number of carbonyl (C=O) groups is 2. The van der Waals surface area contributed by atoms with E-state index in [1.807, 2.05) is 24.3 Å². The molecular weight excluding hydrogens is 346 g/mol. The fourth-order valence-corrected chi connectivity index (χ4v) is 2.96. The van der Waals surface area contributed by atoms with E-state index in [2.05, 4.69) is 15.5 Å². The largest absolute Gasteiger partial charge is 0.496 e. The van der Waals surface area contributed by atoms with Gasteiger partial charge in [-0.15, -0.1) is 10.2 Å². The van der Waals surface area contributed by atoms with Crippen LogP contribution in [0, 0.1) is 0 Å². The minimum atomic E-state index is -0.165. The van der Waals surface area contributed by atoms with Gasteiger partial charge in [0.1, 0.15) is 11.6 Å². The fourth-order valence-electron chi connectivity index (χ4n) is 2.96. The van der Waals surface area contributed by atoms with Crippen molar-refractivity contribution in [2.45, 2.75) is 13.5 Å². The summed E-state index contributed by atoms with van der Waals surface area (Å²) >= 11 is 0. The lowest BCUT2D eigenvalue weighted by Crippen LogP contribution is -2.50. The second-order valence-corrected chi connectivity index (χ2v) is 6.27. The molecule has 1 aliphatic heterocycles. The Kier molecular flexibility index (Phi) is 5.85. The number of anilines is 1. The van der Waals surface area contributed by atoms with Crippen LogP contribution in [0.5, 0.6) is 5.75 Å². The molecule has 3 rings (SSSR count). The van der Waals surface area contributed by atoms with Gasteiger partial charge < -0.3 is 19.9 Å². The molecule has 1 fully saturated rings. The van der Waals surface area contributed by atoms with Crippen molar-refractivity contribution in [2.24, 2.45) is 0 Å². The van der Waals surface area contributed by atoms with E-state index in [1.54, 1.807) is 36.0 Å². The summed E-state index contributed by atoms with van der Waals surface area (Å²) in [6, 6.07) is 11.1. The van der Waals surface area contributed by atoms with Gasteiger partial charge in [-0.3, -0.25) is 9.59 Å². The smallest absolute Gasteiger partial charge is 0.274 e. The Morgan fingerprint density at radius 3 is 2.37 bits per heavy atom. The molecule has 27 heavy (non-hydrogen) atoms. The molecule has 1 saturated heterocycles. The Hall–Kier alpha value is -3.16. The number of benzene rings is 1. The van der Waals surface area contributed by atoms with Gasteiger partial charge >= 0.3 is 0 Å². The Morgan fingerprint density at radius 2 is 1.74 bits per heavy atom. The number of nitrogens with zero attached hydrogens (tertiary/aromatic N) is 4. The molecule has 8 heteroatoms. The molecule has 0 atom stereocenters. The maximum atomic E-state index is 12.5. The topological polar surface area (TPSA) is 87.7 Å². The minimum Gasteiger partial charge on any atom is -0.496 e. The number of piperazine rings is 1. The first-order valence-electron chi connectivity index (χ1n) is 8.83. The molecule has 0 unspecified atom stereocenters. The molecule has 2 heterocycles. The first kappa shape index (κ1) is 18.6. The maximum Gasteiger partial charge on any atom is 0.274 e. The Bertz CT molecular complexity index is 801. The summed E-state index contributed by atoms with van der Waals surface area (Å²) in [5, 5.41) is 11.3. The number of nitrogens with one attached hydrogen (secondary N) is 1. The lowest BCUT2D eigenvalue weighted by molar-refractivity contribution is -0.130. The van der Waals surface area contributed by atoms with Gasteiger partial charge in [0.2, 0.25) is 5.91 Å². The minimum absolute atomic E-state index is 0.0346. The number of carbonyl (C=O) groups excluding carboxylic acids is 2. The van der Waals surface area contributed by atoms with E-state index < -0.39 is 0 Å². The van der Waals surface area contributed by atoms with Crippen LogP contribution >= 0.6 is 0 Å². The third-order valence-corrected chi connectivity index (χ3v) is 4.55. The molecule has 0 bridgehead atoms. The fraction of sp³-hybridized carbons (Fsp3) is 0.368. The zero-order valence-corrected chi connectivity index (χ0v) is 15.5. The molecule has 0 saturated carbocycles. The average Bonchev–Trinajstić information content (AvgIpc) is 2.72. The van der Waals surface area contributed by atoms with Gasteiger partial charge in [-0.05, 0) is 18.2 Å². The third-order valence-electron chi connectivity index (χ3n) is 4.55. The first-order chi connectivity index (χ1) is 13.1. The molecule has 1 N–H and O–H groups in total. The van der Waals surface area contributed by atoms with Gasteiger partial charge in [-0.2, -0.15) is 0 Å². The normalized spacial score (nSPS) is 14.0. The predicted molar refractivity (Wildman–Crippen MR) is 101 cm³/mol. The first-order valence-corrected chi connectivity index (χ1v) is 8.83. The molecule has 2 aromatic rings. The number of aromatic nitrogens is 2. The average molecular weight is 369 g/mol. The van der Waals surface area contributed by atoms with Crippen molar-refractivity contribution in [3.63, 3.8) is 0 Å². The van der Waals surface area contributed by atoms with Crippen LogP contribution in [0.25, 0.3) is 0 Å². The van der Waals surface area contributed by atoms with Crippen molar-refractivity contribution in [3.8, 4) is 5.75 Å². The van der Waals surface area contributed by atoms with Gasteiger partial charge in [-0.1, -0.05) is 18.2 Å². The zero-order valence-electron chi connectivity index (χ0n) is 15.5. The van der Waals surface area contributed by atoms with Crippen LogP contribution < -0.4 is 10.1 Å². The summed E-state index contributed by atoms with van der Waals surface area (Å²) in [7, 11) is 1.63. The molecule has 2 amide bonds. The lowest BCUT2D eigenvalue weighted by Gasteiger charge is -2.33. The molecule has 8 nitrogen and oxygen atoms in total. The highest BCUT2D eigenvalue weighted by Crippen LogP contribution is 2.18. The van der Waals surface area contributed by atoms with E-state index in [0.717, 1.165) is 11.3 Å². The summed E-state index contributed by atoms with van der Waals surface area (Å²) in [6.45, 7) is 4.20. The maximum absolute atomic E-state index is 12.5. The number of amides is 2. The lowest BCUT2D eigenvalue weighted by atomic mass is 10.2. The number of hydrogen-bond donors (Lipinski definition) is 1. The summed E-state index contributed by atoms with van der Waals surface area (Å²) in [4.78, 5) is 27.3. The standard InChI is InChI=1S/C19H23N5O3/c1-14(25)23-9-11-24(12-10-23)19(26)16-7-8-18(22-21-16)20-13-15-5-3-4-6-17(15)27-2/h3-8H,9-13H2,1-2H3,(H,20,22). The molecule has 0 spiro atoms. The highest BCUT2D eigenvalue weighted by Gasteiger charge is 2.24. The van der Waals surface area contributed by atoms with Crippen molar-refractivity contribution >= 4 is 17.6 Å². The van der Waals surface area contributed by atoms with E-state index in [-0.39, 0.29) is 11.8 Å². The summed E-state index contributed by atoms with van der Waals surface area (Å²) in [6.07, 6.45) is 0. The zero-order chi connectivity index (χ0) is 19.2. The van der Waals surface area contributed by atoms with Gasteiger partial charge in [-0.25, -0.2) is 0 Å². The van der Waals surface area contributed by atoms with E-state index in [0.29, 0.717) is 44.2 Å². The number of methoxy groups -OCH3 is 1. The van der Waals surface area contributed by atoms with Crippen molar-refractivity contribution in [1.29, 1.82) is 0 Å². The predicted octanol–water partition coefficient (Wildman–Crippen LogP) is 1.40. The number of para-hydroxylation sites is 1. The summed E-state index contributed by atoms with van der Waals surface area (Å²) in [5.41, 5.74) is 1.31. The molecule has 1 aromatic carbocycles. The van der Waals surface area contributed by atoms with Crippen LogP contribution in [0.1, 0.15) is 23.0 Å². The second-order valence-electron chi connectivity index (χ2n) is 6.27. The highest BCUT2D eigenvalue weighted by molar-refractivity contribution is 5.92. The summed E-state index contributed by atoms with van der Waals surface area (Å²) in [5.74, 6) is 1.25. The van der Waals surface area contributed by atoms with Gasteiger partial charge in [0.15, 0.2) is 5.69 Å². The van der Waals surface area contributed by atoms with Gasteiger partial charge in [0, 0.05) is 45.2 Å².